The summed E-state index contributed by atoms with van der Waals surface area (Å²) in [5.74, 6) is 0.0502. The number of benzene rings is 2. The molecular formula is C21H22N2O4S. The number of carbonyl (C=O) groups excluding carboxylic acids is 1. The van der Waals surface area contributed by atoms with Crippen LogP contribution in [-0.4, -0.2) is 49.6 Å². The standard InChI is InChI=1S/C21H22N2O4S/c24-13-19-20-16-8-4-5-9-17(16)22(28(26,27)15-6-2-1-3-7-15)12-18(20)23(19)21(25)14-10-11-14/h1-9,14,18-20,24H,10-13H2/t18-,19+,20+/m1/s1. The number of hydrogen-bond donors (Lipinski definition) is 1. The van der Waals surface area contributed by atoms with Gasteiger partial charge in [-0.3, -0.25) is 9.10 Å². The number of sulfonamides is 1. The fourth-order valence-electron chi connectivity index (χ4n) is 4.64. The van der Waals surface area contributed by atoms with E-state index >= 15 is 0 Å². The van der Waals surface area contributed by atoms with Gasteiger partial charge in [-0.15, -0.1) is 0 Å². The van der Waals surface area contributed by atoms with Crippen molar-refractivity contribution in [3.63, 3.8) is 0 Å². The van der Waals surface area contributed by atoms with Gasteiger partial charge in [0.1, 0.15) is 0 Å². The molecule has 5 rings (SSSR count). The number of fused-ring (bicyclic) bond motifs is 3. The van der Waals surface area contributed by atoms with Crippen molar-refractivity contribution < 1.29 is 18.3 Å². The maximum absolute atomic E-state index is 13.4. The highest BCUT2D eigenvalue weighted by molar-refractivity contribution is 7.92. The molecule has 1 aliphatic carbocycles. The van der Waals surface area contributed by atoms with Crippen LogP contribution in [0, 0.1) is 5.92 Å². The van der Waals surface area contributed by atoms with Gasteiger partial charge in [0.25, 0.3) is 10.0 Å². The number of aliphatic hydroxyl groups excluding tert-OH is 1. The van der Waals surface area contributed by atoms with Crippen LogP contribution in [0.25, 0.3) is 0 Å². The van der Waals surface area contributed by atoms with Crippen molar-refractivity contribution in [2.45, 2.75) is 35.7 Å². The number of nitrogens with zero attached hydrogens (tertiary/aromatic N) is 2. The highest BCUT2D eigenvalue weighted by Crippen LogP contribution is 2.51. The maximum Gasteiger partial charge on any atom is 0.264 e. The van der Waals surface area contributed by atoms with Crippen molar-refractivity contribution in [2.24, 2.45) is 5.92 Å². The number of carbonyl (C=O) groups is 1. The van der Waals surface area contributed by atoms with Crippen LogP contribution in [0.5, 0.6) is 0 Å². The molecule has 1 N–H and O–H groups in total. The Balaban J connectivity index is 1.58. The summed E-state index contributed by atoms with van der Waals surface area (Å²) in [4.78, 5) is 14.8. The Morgan fingerprint density at radius 1 is 1.04 bits per heavy atom. The van der Waals surface area contributed by atoms with E-state index in [1.165, 1.54) is 4.31 Å². The molecule has 0 unspecified atom stereocenters. The van der Waals surface area contributed by atoms with Crippen molar-refractivity contribution in [2.75, 3.05) is 17.5 Å². The molecule has 3 aliphatic rings. The minimum absolute atomic E-state index is 0.0337. The molecule has 2 aromatic carbocycles. The van der Waals surface area contributed by atoms with Gasteiger partial charge in [-0.1, -0.05) is 36.4 Å². The van der Waals surface area contributed by atoms with Gasteiger partial charge >= 0.3 is 0 Å². The third-order valence-electron chi connectivity index (χ3n) is 6.16. The Kier molecular flexibility index (Phi) is 4.00. The van der Waals surface area contributed by atoms with E-state index in [1.54, 1.807) is 35.2 Å². The minimum Gasteiger partial charge on any atom is -0.394 e. The van der Waals surface area contributed by atoms with E-state index in [2.05, 4.69) is 0 Å². The lowest BCUT2D eigenvalue weighted by Gasteiger charge is -2.59. The van der Waals surface area contributed by atoms with E-state index in [-0.39, 0.29) is 47.9 Å². The van der Waals surface area contributed by atoms with E-state index in [1.807, 2.05) is 24.3 Å². The van der Waals surface area contributed by atoms with Crippen LogP contribution in [0.2, 0.25) is 0 Å². The number of aliphatic hydroxyl groups is 1. The summed E-state index contributed by atoms with van der Waals surface area (Å²) in [5.41, 5.74) is 1.53. The Labute approximate surface area is 164 Å². The molecule has 2 aromatic rings. The van der Waals surface area contributed by atoms with Crippen LogP contribution >= 0.6 is 0 Å². The molecule has 2 aliphatic heterocycles. The molecule has 0 spiro atoms. The number of hydrogen-bond acceptors (Lipinski definition) is 4. The second kappa shape index (κ2) is 6.32. The second-order valence-corrected chi connectivity index (χ2v) is 9.63. The van der Waals surface area contributed by atoms with Crippen molar-refractivity contribution in [1.29, 1.82) is 0 Å². The van der Waals surface area contributed by atoms with Gasteiger partial charge in [-0.2, -0.15) is 0 Å². The van der Waals surface area contributed by atoms with Gasteiger partial charge < -0.3 is 10.0 Å². The van der Waals surface area contributed by atoms with E-state index < -0.39 is 10.0 Å². The third-order valence-corrected chi connectivity index (χ3v) is 7.95. The lowest BCUT2D eigenvalue weighted by molar-refractivity contribution is -0.151. The summed E-state index contributed by atoms with van der Waals surface area (Å²) in [7, 11) is -3.74. The van der Waals surface area contributed by atoms with E-state index in [9.17, 15) is 18.3 Å². The van der Waals surface area contributed by atoms with Gasteiger partial charge in [0, 0.05) is 11.8 Å². The lowest BCUT2D eigenvalue weighted by Crippen LogP contribution is -2.71. The number of likely N-dealkylation sites (tertiary alicyclic amines) is 1. The fraction of sp³-hybridized carbons (Fsp3) is 0.381. The van der Waals surface area contributed by atoms with E-state index in [0.29, 0.717) is 5.69 Å². The van der Waals surface area contributed by atoms with E-state index in [4.69, 9.17) is 0 Å². The van der Waals surface area contributed by atoms with Gasteiger partial charge in [0.2, 0.25) is 5.91 Å². The van der Waals surface area contributed by atoms with Crippen molar-refractivity contribution in [1.82, 2.24) is 4.90 Å². The molecule has 0 bridgehead atoms. The van der Waals surface area contributed by atoms with Gasteiger partial charge in [-0.05, 0) is 36.6 Å². The average Bonchev–Trinajstić information content (AvgIpc) is 3.54. The SMILES string of the molecule is O=C(C1CC1)N1[C@@H]2CN(S(=O)(=O)c3ccccc3)c3ccccc3[C@@H]2[C@@H]1CO. The van der Waals surface area contributed by atoms with Crippen LogP contribution in [0.15, 0.2) is 59.5 Å². The highest BCUT2D eigenvalue weighted by Gasteiger charge is 2.57. The molecule has 6 nitrogen and oxygen atoms in total. The summed E-state index contributed by atoms with van der Waals surface area (Å²) in [6, 6.07) is 15.3. The first-order chi connectivity index (χ1) is 13.5. The molecule has 1 saturated carbocycles. The predicted octanol–water partition coefficient (Wildman–Crippen LogP) is 1.96. The second-order valence-electron chi connectivity index (χ2n) is 7.77. The molecular weight excluding hydrogens is 376 g/mol. The lowest BCUT2D eigenvalue weighted by atomic mass is 9.72. The van der Waals surface area contributed by atoms with Gasteiger partial charge in [0.15, 0.2) is 0 Å². The van der Waals surface area contributed by atoms with Crippen molar-refractivity contribution >= 4 is 21.6 Å². The minimum atomic E-state index is -3.74. The Hall–Kier alpha value is -2.38. The first-order valence-electron chi connectivity index (χ1n) is 9.64. The van der Waals surface area contributed by atoms with Crippen LogP contribution in [-0.2, 0) is 14.8 Å². The van der Waals surface area contributed by atoms with Crippen molar-refractivity contribution in [3.05, 3.63) is 60.2 Å². The van der Waals surface area contributed by atoms with Gasteiger partial charge in [-0.25, -0.2) is 8.42 Å². The summed E-state index contributed by atoms with van der Waals surface area (Å²) in [6.07, 6.45) is 1.76. The zero-order chi connectivity index (χ0) is 19.5. The van der Waals surface area contributed by atoms with E-state index in [0.717, 1.165) is 18.4 Å². The Morgan fingerprint density at radius 2 is 1.71 bits per heavy atom. The predicted molar refractivity (Wildman–Crippen MR) is 104 cm³/mol. The number of amides is 1. The van der Waals surface area contributed by atoms with Crippen LogP contribution < -0.4 is 4.31 Å². The summed E-state index contributed by atoms with van der Waals surface area (Å²) < 4.78 is 28.2. The number of para-hydroxylation sites is 1. The summed E-state index contributed by atoms with van der Waals surface area (Å²) in [6.45, 7) is 0.104. The Morgan fingerprint density at radius 3 is 2.39 bits per heavy atom. The third kappa shape index (κ3) is 2.49. The first-order valence-corrected chi connectivity index (χ1v) is 11.1. The molecule has 2 fully saturated rings. The first kappa shape index (κ1) is 17.7. The van der Waals surface area contributed by atoms with Crippen LogP contribution in [0.3, 0.4) is 0 Å². The summed E-state index contributed by atoms with van der Waals surface area (Å²) >= 11 is 0. The van der Waals surface area contributed by atoms with Crippen molar-refractivity contribution in [3.8, 4) is 0 Å². The molecule has 3 atom stereocenters. The zero-order valence-electron chi connectivity index (χ0n) is 15.3. The molecule has 28 heavy (non-hydrogen) atoms. The molecule has 7 heteroatoms. The Bertz CT molecular complexity index is 1020. The largest absolute Gasteiger partial charge is 0.394 e. The topological polar surface area (TPSA) is 77.9 Å². The fourth-order valence-corrected chi connectivity index (χ4v) is 6.17. The molecule has 0 radical (unpaired) electrons. The average molecular weight is 398 g/mol. The monoisotopic (exact) mass is 398 g/mol. The summed E-state index contributed by atoms with van der Waals surface area (Å²) in [5, 5.41) is 9.95. The number of anilines is 1. The van der Waals surface area contributed by atoms with Gasteiger partial charge in [0.05, 0.1) is 35.8 Å². The smallest absolute Gasteiger partial charge is 0.264 e. The molecule has 146 valence electrons. The quantitative estimate of drug-likeness (QED) is 0.854. The maximum atomic E-state index is 13.4. The molecule has 2 heterocycles. The molecule has 1 saturated heterocycles. The zero-order valence-corrected chi connectivity index (χ0v) is 16.1. The molecule has 1 amide bonds. The van der Waals surface area contributed by atoms with Crippen LogP contribution in [0.1, 0.15) is 24.3 Å². The number of rotatable bonds is 4. The normalized spacial score (nSPS) is 26.2. The van der Waals surface area contributed by atoms with Crippen LogP contribution in [0.4, 0.5) is 5.69 Å². The molecule has 0 aromatic heterocycles. The highest BCUT2D eigenvalue weighted by atomic mass is 32.2.